The second-order valence-corrected chi connectivity index (χ2v) is 5.81. The molecule has 0 aliphatic carbocycles. The normalized spacial score (nSPS) is 11.2. The van der Waals surface area contributed by atoms with Crippen LogP contribution in [0.15, 0.2) is 24.5 Å². The SMILES string of the molecule is CC(C)c1nnc(-n2nnc(CN)c2-c2cccnc2)s1. The van der Waals surface area contributed by atoms with E-state index in [1.54, 1.807) is 17.1 Å². The van der Waals surface area contributed by atoms with Gasteiger partial charge in [-0.1, -0.05) is 30.4 Å². The molecule has 0 amide bonds. The fourth-order valence-corrected chi connectivity index (χ4v) is 2.72. The number of nitrogens with two attached hydrogens (primary N) is 1. The van der Waals surface area contributed by atoms with Crippen LogP contribution in [-0.2, 0) is 6.54 Å². The summed E-state index contributed by atoms with van der Waals surface area (Å²) in [7, 11) is 0. The Labute approximate surface area is 125 Å². The lowest BCUT2D eigenvalue weighted by molar-refractivity contribution is 0.772. The van der Waals surface area contributed by atoms with Crippen LogP contribution in [0.4, 0.5) is 0 Å². The number of hydrogen-bond donors (Lipinski definition) is 1. The van der Waals surface area contributed by atoms with Crippen LogP contribution < -0.4 is 5.73 Å². The van der Waals surface area contributed by atoms with Gasteiger partial charge < -0.3 is 5.73 Å². The molecule has 0 unspecified atom stereocenters. The Bertz CT molecular complexity index is 732. The zero-order valence-corrected chi connectivity index (χ0v) is 12.6. The summed E-state index contributed by atoms with van der Waals surface area (Å²) in [5.74, 6) is 0.329. The van der Waals surface area contributed by atoms with Gasteiger partial charge in [-0.05, 0) is 12.1 Å². The molecule has 108 valence electrons. The highest BCUT2D eigenvalue weighted by Crippen LogP contribution is 2.27. The van der Waals surface area contributed by atoms with Crippen LogP contribution in [-0.4, -0.2) is 30.2 Å². The summed E-state index contributed by atoms with van der Waals surface area (Å²) in [5, 5.41) is 18.4. The van der Waals surface area contributed by atoms with Crippen molar-refractivity contribution >= 4 is 11.3 Å². The second-order valence-electron chi connectivity index (χ2n) is 4.82. The number of rotatable bonds is 4. The van der Waals surface area contributed by atoms with Gasteiger partial charge in [0.05, 0.1) is 0 Å². The molecule has 0 spiro atoms. The van der Waals surface area contributed by atoms with Gasteiger partial charge in [-0.3, -0.25) is 4.98 Å². The topological polar surface area (TPSA) is 95.4 Å². The molecular formula is C13H15N7S. The molecule has 0 radical (unpaired) electrons. The molecule has 0 atom stereocenters. The summed E-state index contributed by atoms with van der Waals surface area (Å²) in [5.41, 5.74) is 8.20. The van der Waals surface area contributed by atoms with Crippen molar-refractivity contribution < 1.29 is 0 Å². The quantitative estimate of drug-likeness (QED) is 0.789. The van der Waals surface area contributed by atoms with Crippen LogP contribution in [0.5, 0.6) is 0 Å². The molecule has 3 rings (SSSR count). The predicted molar refractivity (Wildman–Crippen MR) is 80.0 cm³/mol. The Morgan fingerprint density at radius 3 is 2.76 bits per heavy atom. The standard InChI is InChI=1S/C13H15N7S/c1-8(2)12-17-18-13(21-12)20-11(10(6-14)16-19-20)9-4-3-5-15-7-9/h3-5,7-8H,6,14H2,1-2H3. The van der Waals surface area contributed by atoms with E-state index in [0.29, 0.717) is 23.3 Å². The van der Waals surface area contributed by atoms with Crippen molar-refractivity contribution in [2.75, 3.05) is 0 Å². The summed E-state index contributed by atoms with van der Waals surface area (Å²) < 4.78 is 1.68. The summed E-state index contributed by atoms with van der Waals surface area (Å²) in [6, 6.07) is 3.82. The smallest absolute Gasteiger partial charge is 0.234 e. The first-order chi connectivity index (χ1) is 10.2. The third-order valence-corrected chi connectivity index (χ3v) is 4.17. The van der Waals surface area contributed by atoms with E-state index in [-0.39, 0.29) is 0 Å². The maximum atomic E-state index is 5.76. The molecule has 3 aromatic rings. The molecule has 0 aromatic carbocycles. The Hall–Kier alpha value is -2.19. The van der Waals surface area contributed by atoms with E-state index in [1.807, 2.05) is 12.1 Å². The van der Waals surface area contributed by atoms with Crippen molar-refractivity contribution in [2.45, 2.75) is 26.3 Å². The highest BCUT2D eigenvalue weighted by atomic mass is 32.1. The van der Waals surface area contributed by atoms with Crippen LogP contribution in [0.1, 0.15) is 30.5 Å². The molecule has 3 heterocycles. The molecule has 0 saturated carbocycles. The fraction of sp³-hybridized carbons (Fsp3) is 0.308. The van der Waals surface area contributed by atoms with E-state index in [1.165, 1.54) is 11.3 Å². The second kappa shape index (κ2) is 5.66. The molecule has 3 aromatic heterocycles. The number of aromatic nitrogens is 6. The van der Waals surface area contributed by atoms with Gasteiger partial charge in [-0.2, -0.15) is 4.68 Å². The monoisotopic (exact) mass is 301 g/mol. The average molecular weight is 301 g/mol. The molecule has 7 nitrogen and oxygen atoms in total. The molecule has 0 fully saturated rings. The van der Waals surface area contributed by atoms with Crippen molar-refractivity contribution in [3.05, 3.63) is 35.2 Å². The minimum Gasteiger partial charge on any atom is -0.325 e. The molecule has 0 aliphatic heterocycles. The van der Waals surface area contributed by atoms with Crippen LogP contribution in [0.2, 0.25) is 0 Å². The van der Waals surface area contributed by atoms with Gasteiger partial charge in [0.1, 0.15) is 16.4 Å². The maximum absolute atomic E-state index is 5.76. The fourth-order valence-electron chi connectivity index (χ4n) is 1.92. The van der Waals surface area contributed by atoms with Crippen molar-refractivity contribution in [3.8, 4) is 16.4 Å². The van der Waals surface area contributed by atoms with Gasteiger partial charge in [-0.25, -0.2) is 0 Å². The van der Waals surface area contributed by atoms with E-state index in [4.69, 9.17) is 5.73 Å². The Morgan fingerprint density at radius 1 is 1.29 bits per heavy atom. The first kappa shape index (κ1) is 13.8. The lowest BCUT2D eigenvalue weighted by Gasteiger charge is -2.03. The van der Waals surface area contributed by atoms with E-state index >= 15 is 0 Å². The van der Waals surface area contributed by atoms with Gasteiger partial charge in [-0.15, -0.1) is 15.3 Å². The average Bonchev–Trinajstić information content (AvgIpc) is 3.14. The van der Waals surface area contributed by atoms with Gasteiger partial charge in [0.15, 0.2) is 0 Å². The summed E-state index contributed by atoms with van der Waals surface area (Å²) >= 11 is 1.50. The zero-order valence-electron chi connectivity index (χ0n) is 11.8. The molecule has 2 N–H and O–H groups in total. The highest BCUT2D eigenvalue weighted by molar-refractivity contribution is 7.13. The number of pyridine rings is 1. The zero-order chi connectivity index (χ0) is 14.8. The first-order valence-electron chi connectivity index (χ1n) is 6.59. The Balaban J connectivity index is 2.13. The van der Waals surface area contributed by atoms with E-state index in [0.717, 1.165) is 16.3 Å². The summed E-state index contributed by atoms with van der Waals surface area (Å²) in [4.78, 5) is 4.14. The molecular weight excluding hydrogens is 286 g/mol. The molecule has 0 aliphatic rings. The van der Waals surface area contributed by atoms with Crippen LogP contribution in [0.3, 0.4) is 0 Å². The minimum atomic E-state index is 0.306. The molecule has 0 saturated heterocycles. The maximum Gasteiger partial charge on any atom is 0.234 e. The van der Waals surface area contributed by atoms with Gasteiger partial charge in [0, 0.05) is 30.4 Å². The minimum absolute atomic E-state index is 0.306. The number of hydrogen-bond acceptors (Lipinski definition) is 7. The van der Waals surface area contributed by atoms with Gasteiger partial charge >= 0.3 is 0 Å². The lowest BCUT2D eigenvalue weighted by Crippen LogP contribution is -2.02. The van der Waals surface area contributed by atoms with Crippen molar-refractivity contribution in [1.29, 1.82) is 0 Å². The number of nitrogens with zero attached hydrogens (tertiary/aromatic N) is 6. The van der Waals surface area contributed by atoms with E-state index < -0.39 is 0 Å². The van der Waals surface area contributed by atoms with E-state index in [2.05, 4.69) is 39.3 Å². The van der Waals surface area contributed by atoms with Crippen molar-refractivity contribution in [2.24, 2.45) is 5.73 Å². The Morgan fingerprint density at radius 2 is 2.14 bits per heavy atom. The Kier molecular flexibility index (Phi) is 3.72. The van der Waals surface area contributed by atoms with Crippen molar-refractivity contribution in [3.63, 3.8) is 0 Å². The van der Waals surface area contributed by atoms with Crippen molar-refractivity contribution in [1.82, 2.24) is 30.2 Å². The molecule has 0 bridgehead atoms. The van der Waals surface area contributed by atoms with Crippen LogP contribution >= 0.6 is 11.3 Å². The summed E-state index contributed by atoms with van der Waals surface area (Å²) in [6.45, 7) is 4.47. The largest absolute Gasteiger partial charge is 0.325 e. The van der Waals surface area contributed by atoms with Crippen LogP contribution in [0.25, 0.3) is 16.4 Å². The predicted octanol–water partition coefficient (Wildman–Crippen LogP) is 1.76. The highest BCUT2D eigenvalue weighted by Gasteiger charge is 2.19. The van der Waals surface area contributed by atoms with Gasteiger partial charge in [0.2, 0.25) is 5.13 Å². The first-order valence-corrected chi connectivity index (χ1v) is 7.41. The molecule has 21 heavy (non-hydrogen) atoms. The van der Waals surface area contributed by atoms with E-state index in [9.17, 15) is 0 Å². The molecule has 8 heteroatoms. The third kappa shape index (κ3) is 2.55. The lowest BCUT2D eigenvalue weighted by atomic mass is 10.1. The van der Waals surface area contributed by atoms with Gasteiger partial charge in [0.25, 0.3) is 0 Å². The summed E-state index contributed by atoms with van der Waals surface area (Å²) in [6.07, 6.45) is 3.49. The third-order valence-electron chi connectivity index (χ3n) is 2.97. The van der Waals surface area contributed by atoms with Crippen LogP contribution in [0, 0.1) is 0 Å².